The van der Waals surface area contributed by atoms with Gasteiger partial charge in [-0.3, -0.25) is 15.0 Å². The molecule has 1 amide bonds. The molecule has 0 bridgehead atoms. The van der Waals surface area contributed by atoms with E-state index in [0.29, 0.717) is 23.1 Å². The standard InChI is InChI=1S/C26H26N4O3S/c1-17-22(18(2)33-29-17)16-32-21-10-8-20(9-11-21)25(31)28-26-27-23-12-13-30(15-24(23)34-26)14-19-6-4-3-5-7-19/h3-11H,12-16H2,1-2H3,(H,27,28,31). The molecule has 7 nitrogen and oxygen atoms in total. The number of amides is 1. The van der Waals surface area contributed by atoms with Crippen LogP contribution in [0.3, 0.4) is 0 Å². The van der Waals surface area contributed by atoms with Crippen LogP contribution in [0.15, 0.2) is 59.1 Å². The molecule has 0 radical (unpaired) electrons. The van der Waals surface area contributed by atoms with Gasteiger partial charge in [-0.1, -0.05) is 35.5 Å². The third kappa shape index (κ3) is 5.03. The molecule has 5 rings (SSSR count). The van der Waals surface area contributed by atoms with Crippen molar-refractivity contribution < 1.29 is 14.1 Å². The number of thiazole rings is 1. The molecule has 1 N–H and O–H groups in total. The molecular formula is C26H26N4O3S. The molecule has 8 heteroatoms. The summed E-state index contributed by atoms with van der Waals surface area (Å²) in [5.74, 6) is 1.26. The second-order valence-electron chi connectivity index (χ2n) is 8.41. The minimum atomic E-state index is -0.176. The molecule has 1 aliphatic rings. The van der Waals surface area contributed by atoms with E-state index in [0.717, 1.165) is 48.8 Å². The fraction of sp³-hybridized carbons (Fsp3) is 0.269. The summed E-state index contributed by atoms with van der Waals surface area (Å²) in [7, 11) is 0. The Morgan fingerprint density at radius 2 is 1.94 bits per heavy atom. The summed E-state index contributed by atoms with van der Waals surface area (Å²) in [5, 5.41) is 7.54. The van der Waals surface area contributed by atoms with Gasteiger partial charge in [0, 0.05) is 36.5 Å². The fourth-order valence-corrected chi connectivity index (χ4v) is 5.06. The van der Waals surface area contributed by atoms with Crippen LogP contribution in [0.25, 0.3) is 0 Å². The number of carbonyl (C=O) groups excluding carboxylic acids is 1. The van der Waals surface area contributed by atoms with E-state index in [2.05, 4.69) is 44.6 Å². The van der Waals surface area contributed by atoms with E-state index in [-0.39, 0.29) is 5.91 Å². The van der Waals surface area contributed by atoms with Gasteiger partial charge in [-0.2, -0.15) is 0 Å². The van der Waals surface area contributed by atoms with Crippen LogP contribution in [0.4, 0.5) is 5.13 Å². The van der Waals surface area contributed by atoms with Crippen molar-refractivity contribution in [2.75, 3.05) is 11.9 Å². The largest absolute Gasteiger partial charge is 0.489 e. The average Bonchev–Trinajstić information content (AvgIpc) is 3.40. The Hall–Kier alpha value is -3.49. The maximum Gasteiger partial charge on any atom is 0.257 e. The number of hydrogen-bond donors (Lipinski definition) is 1. The summed E-state index contributed by atoms with van der Waals surface area (Å²) >= 11 is 1.56. The zero-order chi connectivity index (χ0) is 23.5. The number of rotatable bonds is 7. The second kappa shape index (κ2) is 9.79. The Morgan fingerprint density at radius 1 is 1.15 bits per heavy atom. The van der Waals surface area contributed by atoms with E-state index in [4.69, 9.17) is 9.26 Å². The van der Waals surface area contributed by atoms with Crippen molar-refractivity contribution >= 4 is 22.4 Å². The minimum absolute atomic E-state index is 0.176. The van der Waals surface area contributed by atoms with Gasteiger partial charge in [-0.25, -0.2) is 4.98 Å². The first-order chi connectivity index (χ1) is 16.5. The summed E-state index contributed by atoms with van der Waals surface area (Å²) in [6.45, 7) is 6.87. The number of carbonyl (C=O) groups is 1. The zero-order valence-corrected chi connectivity index (χ0v) is 20.0. The van der Waals surface area contributed by atoms with Crippen LogP contribution in [0.2, 0.25) is 0 Å². The molecular weight excluding hydrogens is 448 g/mol. The molecule has 0 aliphatic carbocycles. The molecule has 174 valence electrons. The van der Waals surface area contributed by atoms with Gasteiger partial charge in [0.2, 0.25) is 0 Å². The lowest BCUT2D eigenvalue weighted by Crippen LogP contribution is -2.29. The molecule has 0 spiro atoms. The van der Waals surface area contributed by atoms with Crippen LogP contribution in [0.5, 0.6) is 5.75 Å². The van der Waals surface area contributed by atoms with E-state index in [1.807, 2.05) is 19.9 Å². The maximum atomic E-state index is 12.8. The van der Waals surface area contributed by atoms with Crippen LogP contribution in [0, 0.1) is 13.8 Å². The highest BCUT2D eigenvalue weighted by Gasteiger charge is 2.22. The van der Waals surface area contributed by atoms with Gasteiger partial charge >= 0.3 is 0 Å². The zero-order valence-electron chi connectivity index (χ0n) is 19.2. The van der Waals surface area contributed by atoms with Crippen LogP contribution in [0.1, 0.15) is 43.5 Å². The topological polar surface area (TPSA) is 80.5 Å². The van der Waals surface area contributed by atoms with Crippen molar-refractivity contribution in [3.8, 4) is 5.75 Å². The molecule has 2 aromatic carbocycles. The molecule has 0 unspecified atom stereocenters. The Kier molecular flexibility index (Phi) is 6.42. The van der Waals surface area contributed by atoms with Gasteiger partial charge in [-0.05, 0) is 43.7 Å². The first-order valence-corrected chi connectivity index (χ1v) is 12.1. The number of hydrogen-bond acceptors (Lipinski definition) is 7. The van der Waals surface area contributed by atoms with Gasteiger partial charge in [0.05, 0.1) is 17.0 Å². The van der Waals surface area contributed by atoms with Crippen LogP contribution < -0.4 is 10.1 Å². The number of ether oxygens (including phenoxy) is 1. The second-order valence-corrected chi connectivity index (χ2v) is 9.49. The minimum Gasteiger partial charge on any atom is -0.489 e. The lowest BCUT2D eigenvalue weighted by molar-refractivity contribution is 0.102. The van der Waals surface area contributed by atoms with Crippen LogP contribution >= 0.6 is 11.3 Å². The van der Waals surface area contributed by atoms with Crippen molar-refractivity contribution in [1.82, 2.24) is 15.0 Å². The SMILES string of the molecule is Cc1noc(C)c1COc1ccc(C(=O)Nc2nc3c(s2)CN(Cc2ccccc2)CC3)cc1. The summed E-state index contributed by atoms with van der Waals surface area (Å²) in [4.78, 5) is 21.1. The van der Waals surface area contributed by atoms with E-state index >= 15 is 0 Å². The summed E-state index contributed by atoms with van der Waals surface area (Å²) < 4.78 is 11.0. The first-order valence-electron chi connectivity index (χ1n) is 11.3. The highest BCUT2D eigenvalue weighted by atomic mass is 32.1. The van der Waals surface area contributed by atoms with Gasteiger partial charge < -0.3 is 9.26 Å². The number of aromatic nitrogens is 2. The Balaban J connectivity index is 1.17. The Labute approximate surface area is 202 Å². The van der Waals surface area contributed by atoms with E-state index < -0.39 is 0 Å². The highest BCUT2D eigenvalue weighted by Crippen LogP contribution is 2.29. The van der Waals surface area contributed by atoms with Crippen LogP contribution in [-0.2, 0) is 26.1 Å². The third-order valence-corrected chi connectivity index (χ3v) is 6.96. The lowest BCUT2D eigenvalue weighted by atomic mass is 10.1. The lowest BCUT2D eigenvalue weighted by Gasteiger charge is -2.25. The van der Waals surface area contributed by atoms with Crippen molar-refractivity contribution in [2.24, 2.45) is 0 Å². The molecule has 0 saturated heterocycles. The summed E-state index contributed by atoms with van der Waals surface area (Å²) in [6.07, 6.45) is 0.895. The molecule has 34 heavy (non-hydrogen) atoms. The summed E-state index contributed by atoms with van der Waals surface area (Å²) in [5.41, 5.74) is 4.72. The fourth-order valence-electron chi connectivity index (χ4n) is 4.01. The van der Waals surface area contributed by atoms with E-state index in [1.165, 1.54) is 10.4 Å². The average molecular weight is 475 g/mol. The third-order valence-electron chi connectivity index (χ3n) is 5.96. The maximum absolute atomic E-state index is 12.8. The highest BCUT2D eigenvalue weighted by molar-refractivity contribution is 7.15. The monoisotopic (exact) mass is 474 g/mol. The van der Waals surface area contributed by atoms with Crippen molar-refractivity contribution in [3.63, 3.8) is 0 Å². The molecule has 3 heterocycles. The Morgan fingerprint density at radius 3 is 2.68 bits per heavy atom. The molecule has 1 aliphatic heterocycles. The Bertz CT molecular complexity index is 1260. The van der Waals surface area contributed by atoms with Gasteiger partial charge in [0.25, 0.3) is 5.91 Å². The predicted octanol–water partition coefficient (Wildman–Crippen LogP) is 5.14. The van der Waals surface area contributed by atoms with Crippen molar-refractivity contribution in [1.29, 1.82) is 0 Å². The molecule has 2 aromatic heterocycles. The smallest absolute Gasteiger partial charge is 0.257 e. The molecule has 0 fully saturated rings. The number of aryl methyl sites for hydroxylation is 2. The molecule has 0 saturated carbocycles. The number of benzene rings is 2. The number of nitrogens with zero attached hydrogens (tertiary/aromatic N) is 3. The number of fused-ring (bicyclic) bond motifs is 1. The number of nitrogens with one attached hydrogen (secondary N) is 1. The normalized spacial score (nSPS) is 13.5. The molecule has 0 atom stereocenters. The van der Waals surface area contributed by atoms with Crippen molar-refractivity contribution in [2.45, 2.75) is 40.0 Å². The van der Waals surface area contributed by atoms with Gasteiger partial charge in [0.15, 0.2) is 5.13 Å². The van der Waals surface area contributed by atoms with E-state index in [1.54, 1.807) is 35.6 Å². The quantitative estimate of drug-likeness (QED) is 0.400. The summed E-state index contributed by atoms with van der Waals surface area (Å²) in [6, 6.07) is 17.6. The number of anilines is 1. The predicted molar refractivity (Wildman–Crippen MR) is 131 cm³/mol. The van der Waals surface area contributed by atoms with Crippen molar-refractivity contribution in [3.05, 3.63) is 93.3 Å². The molecule has 4 aromatic rings. The van der Waals surface area contributed by atoms with Gasteiger partial charge in [-0.15, -0.1) is 11.3 Å². The van der Waals surface area contributed by atoms with Gasteiger partial charge in [0.1, 0.15) is 18.1 Å². The first kappa shape index (κ1) is 22.3. The van der Waals surface area contributed by atoms with E-state index in [9.17, 15) is 4.79 Å². The van der Waals surface area contributed by atoms with Crippen LogP contribution in [-0.4, -0.2) is 27.5 Å².